The average molecular weight is 315 g/mol. The maximum atomic E-state index is 12.2. The predicted molar refractivity (Wildman–Crippen MR) is 83.3 cm³/mol. The lowest BCUT2D eigenvalue weighted by atomic mass is 10.2. The average Bonchev–Trinajstić information content (AvgIpc) is 3.07. The lowest BCUT2D eigenvalue weighted by Gasteiger charge is -2.10. The number of ether oxygens (including phenoxy) is 1. The van der Waals surface area contributed by atoms with E-state index >= 15 is 0 Å². The van der Waals surface area contributed by atoms with Gasteiger partial charge in [0.15, 0.2) is 5.82 Å². The summed E-state index contributed by atoms with van der Waals surface area (Å²) in [4.78, 5) is 28.3. The predicted octanol–water partition coefficient (Wildman–Crippen LogP) is 1.37. The summed E-state index contributed by atoms with van der Waals surface area (Å²) in [6.45, 7) is 1.93. The van der Waals surface area contributed by atoms with Gasteiger partial charge in [-0.25, -0.2) is 4.68 Å². The van der Waals surface area contributed by atoms with E-state index in [-0.39, 0.29) is 18.2 Å². The highest BCUT2D eigenvalue weighted by Crippen LogP contribution is 2.25. The smallest absolute Gasteiger partial charge is 0.252 e. The minimum atomic E-state index is -0.670. The van der Waals surface area contributed by atoms with Gasteiger partial charge in [-0.1, -0.05) is 6.92 Å². The van der Waals surface area contributed by atoms with Crippen molar-refractivity contribution in [3.8, 4) is 5.75 Å². The van der Waals surface area contributed by atoms with Crippen molar-refractivity contribution in [2.24, 2.45) is 0 Å². The van der Waals surface area contributed by atoms with Crippen molar-refractivity contribution < 1.29 is 14.3 Å². The van der Waals surface area contributed by atoms with Gasteiger partial charge in [0.2, 0.25) is 11.9 Å². The topological polar surface area (TPSA) is 98.1 Å². The normalized spacial score (nSPS) is 15.9. The number of rotatable bonds is 5. The number of amides is 2. The van der Waals surface area contributed by atoms with Crippen LogP contribution in [0.25, 0.3) is 0 Å². The Kier molecular flexibility index (Phi) is 3.96. The molecule has 2 heterocycles. The van der Waals surface area contributed by atoms with Crippen LogP contribution in [0.5, 0.6) is 5.75 Å². The van der Waals surface area contributed by atoms with Crippen LogP contribution in [-0.4, -0.2) is 33.7 Å². The fourth-order valence-corrected chi connectivity index (χ4v) is 2.37. The number of hydrogen-bond acceptors (Lipinski definition) is 5. The van der Waals surface area contributed by atoms with Gasteiger partial charge in [0.25, 0.3) is 5.91 Å². The third kappa shape index (κ3) is 3.01. The standard InChI is InChI=1S/C15H17N5O3/c1-3-12-17-15-18-14(22)11(20(15)19-12)8-13(21)16-9-4-6-10(23-2)7-5-9/h4-7,11H,3,8H2,1-2H3,(H,16,21)(H,17,18,19,22)/t11-/m0/s1. The zero-order valence-electron chi connectivity index (χ0n) is 12.9. The molecule has 2 aromatic rings. The zero-order chi connectivity index (χ0) is 16.4. The fourth-order valence-electron chi connectivity index (χ4n) is 2.37. The van der Waals surface area contributed by atoms with Crippen molar-refractivity contribution in [2.75, 3.05) is 17.7 Å². The van der Waals surface area contributed by atoms with Crippen molar-refractivity contribution >= 4 is 23.5 Å². The maximum absolute atomic E-state index is 12.2. The summed E-state index contributed by atoms with van der Waals surface area (Å²) >= 11 is 0. The Labute approximate surface area is 132 Å². The summed E-state index contributed by atoms with van der Waals surface area (Å²) in [6, 6.07) is 6.31. The summed E-state index contributed by atoms with van der Waals surface area (Å²) in [6.07, 6.45) is 0.665. The largest absolute Gasteiger partial charge is 0.497 e. The van der Waals surface area contributed by atoms with E-state index in [0.29, 0.717) is 29.6 Å². The van der Waals surface area contributed by atoms with Gasteiger partial charge in [0.1, 0.15) is 11.8 Å². The lowest BCUT2D eigenvalue weighted by Crippen LogP contribution is -2.23. The number of benzene rings is 1. The van der Waals surface area contributed by atoms with E-state index in [0.717, 1.165) is 0 Å². The molecule has 1 aromatic heterocycles. The molecule has 0 unspecified atom stereocenters. The molecule has 23 heavy (non-hydrogen) atoms. The molecule has 1 aliphatic rings. The van der Waals surface area contributed by atoms with Crippen molar-refractivity contribution in [3.05, 3.63) is 30.1 Å². The first-order valence-electron chi connectivity index (χ1n) is 7.31. The number of nitrogens with zero attached hydrogens (tertiary/aromatic N) is 3. The molecule has 0 saturated carbocycles. The van der Waals surface area contributed by atoms with Crippen molar-refractivity contribution in [3.63, 3.8) is 0 Å². The molecule has 2 amide bonds. The first-order valence-corrected chi connectivity index (χ1v) is 7.31. The molecule has 2 N–H and O–H groups in total. The molecule has 0 bridgehead atoms. The van der Waals surface area contributed by atoms with Crippen molar-refractivity contribution in [1.29, 1.82) is 0 Å². The minimum Gasteiger partial charge on any atom is -0.497 e. The molecule has 1 aromatic carbocycles. The first-order chi connectivity index (χ1) is 11.1. The van der Waals surface area contributed by atoms with E-state index < -0.39 is 6.04 Å². The Morgan fingerprint density at radius 2 is 2.13 bits per heavy atom. The molecule has 1 atom stereocenters. The second-order valence-electron chi connectivity index (χ2n) is 5.14. The number of carbonyl (C=O) groups is 2. The van der Waals surface area contributed by atoms with Gasteiger partial charge in [0, 0.05) is 12.1 Å². The van der Waals surface area contributed by atoms with E-state index in [1.807, 2.05) is 6.92 Å². The summed E-state index contributed by atoms with van der Waals surface area (Å²) < 4.78 is 6.54. The molecular formula is C15H17N5O3. The van der Waals surface area contributed by atoms with Gasteiger partial charge in [-0.2, -0.15) is 10.1 Å². The van der Waals surface area contributed by atoms with Gasteiger partial charge in [-0.05, 0) is 24.3 Å². The van der Waals surface area contributed by atoms with Crippen LogP contribution in [0, 0.1) is 0 Å². The number of fused-ring (bicyclic) bond motifs is 1. The molecule has 3 rings (SSSR count). The zero-order valence-corrected chi connectivity index (χ0v) is 12.9. The van der Waals surface area contributed by atoms with Crippen LogP contribution in [-0.2, 0) is 16.0 Å². The Bertz CT molecular complexity index is 738. The number of methoxy groups -OCH3 is 1. The van der Waals surface area contributed by atoms with Gasteiger partial charge >= 0.3 is 0 Å². The van der Waals surface area contributed by atoms with Gasteiger partial charge < -0.3 is 10.1 Å². The van der Waals surface area contributed by atoms with Gasteiger partial charge in [0.05, 0.1) is 13.5 Å². The van der Waals surface area contributed by atoms with Crippen molar-refractivity contribution in [1.82, 2.24) is 14.8 Å². The minimum absolute atomic E-state index is 0.00260. The molecule has 120 valence electrons. The molecule has 0 fully saturated rings. The van der Waals surface area contributed by atoms with E-state index in [1.54, 1.807) is 31.4 Å². The lowest BCUT2D eigenvalue weighted by molar-refractivity contribution is -0.123. The summed E-state index contributed by atoms with van der Waals surface area (Å²) in [5.74, 6) is 1.21. The van der Waals surface area contributed by atoms with E-state index in [1.165, 1.54) is 4.68 Å². The highest BCUT2D eigenvalue weighted by Gasteiger charge is 2.34. The number of anilines is 2. The SMILES string of the molecule is CCc1nc2n(n1)[C@@H](CC(=O)Nc1ccc(OC)cc1)C(=O)N2. The molecule has 0 spiro atoms. The van der Waals surface area contributed by atoms with Gasteiger partial charge in [-0.3, -0.25) is 14.9 Å². The van der Waals surface area contributed by atoms with Crippen LogP contribution >= 0.6 is 0 Å². The third-order valence-corrected chi connectivity index (χ3v) is 3.58. The Hall–Kier alpha value is -2.90. The van der Waals surface area contributed by atoms with Crippen molar-refractivity contribution in [2.45, 2.75) is 25.8 Å². The molecule has 0 radical (unpaired) electrons. The number of nitrogens with one attached hydrogen (secondary N) is 2. The molecule has 8 heteroatoms. The third-order valence-electron chi connectivity index (χ3n) is 3.58. The number of aromatic nitrogens is 3. The summed E-state index contributed by atoms with van der Waals surface area (Å²) in [5, 5.41) is 9.65. The fraction of sp³-hybridized carbons (Fsp3) is 0.333. The van der Waals surface area contributed by atoms with Crippen LogP contribution < -0.4 is 15.4 Å². The van der Waals surface area contributed by atoms with E-state index in [9.17, 15) is 9.59 Å². The Morgan fingerprint density at radius 1 is 1.39 bits per heavy atom. The highest BCUT2D eigenvalue weighted by molar-refractivity contribution is 6.00. The molecule has 1 aliphatic heterocycles. The summed E-state index contributed by atoms with van der Waals surface area (Å²) in [7, 11) is 1.58. The van der Waals surface area contributed by atoms with Crippen LogP contribution in [0.1, 0.15) is 25.2 Å². The maximum Gasteiger partial charge on any atom is 0.252 e. The number of carbonyl (C=O) groups excluding carboxylic acids is 2. The van der Waals surface area contributed by atoms with Crippen LogP contribution in [0.4, 0.5) is 11.6 Å². The Morgan fingerprint density at radius 3 is 2.78 bits per heavy atom. The van der Waals surface area contributed by atoms with Crippen LogP contribution in [0.2, 0.25) is 0 Å². The number of hydrogen-bond donors (Lipinski definition) is 2. The van der Waals surface area contributed by atoms with E-state index in [4.69, 9.17) is 4.74 Å². The molecular weight excluding hydrogens is 298 g/mol. The Balaban J connectivity index is 1.67. The van der Waals surface area contributed by atoms with Crippen LogP contribution in [0.15, 0.2) is 24.3 Å². The number of aryl methyl sites for hydroxylation is 1. The summed E-state index contributed by atoms with van der Waals surface area (Å²) in [5.41, 5.74) is 0.641. The monoisotopic (exact) mass is 315 g/mol. The quantitative estimate of drug-likeness (QED) is 0.868. The molecule has 0 saturated heterocycles. The van der Waals surface area contributed by atoms with E-state index in [2.05, 4.69) is 20.7 Å². The first kappa shape index (κ1) is 15.0. The van der Waals surface area contributed by atoms with Crippen LogP contribution in [0.3, 0.4) is 0 Å². The van der Waals surface area contributed by atoms with Gasteiger partial charge in [-0.15, -0.1) is 0 Å². The second-order valence-corrected chi connectivity index (χ2v) is 5.14. The molecule has 0 aliphatic carbocycles. The second kappa shape index (κ2) is 6.07. The molecule has 8 nitrogen and oxygen atoms in total. The highest BCUT2D eigenvalue weighted by atomic mass is 16.5.